The fourth-order valence-electron chi connectivity index (χ4n) is 5.18. The number of hydrogen-bond acceptors (Lipinski definition) is 15. The number of anilines is 2. The normalized spacial score (nSPS) is 32.3. The zero-order valence-corrected chi connectivity index (χ0v) is 23.4. The Labute approximate surface area is 244 Å². The van der Waals surface area contributed by atoms with Crippen LogP contribution in [0.1, 0.15) is 12.5 Å². The first kappa shape index (κ1) is 29.4. The quantitative estimate of drug-likeness (QED) is 0.0825. The highest BCUT2D eigenvalue weighted by molar-refractivity contribution is 8.09. The third-order valence-electron chi connectivity index (χ3n) is 7.36. The van der Waals surface area contributed by atoms with Crippen molar-refractivity contribution in [1.82, 2.24) is 39.0 Å². The lowest BCUT2D eigenvalue weighted by Gasteiger charge is -2.32. The fourth-order valence-corrected chi connectivity index (χ4v) is 7.63. The van der Waals surface area contributed by atoms with Crippen molar-refractivity contribution in [3.63, 3.8) is 0 Å². The monoisotopic (exact) mass is 638 g/mol. The molecule has 2 unspecified atom stereocenters. The minimum Gasteiger partial charge on any atom is -0.394 e. The van der Waals surface area contributed by atoms with Gasteiger partial charge < -0.3 is 45.7 Å². The van der Waals surface area contributed by atoms with Crippen LogP contribution in [-0.4, -0.2) is 108 Å². The van der Waals surface area contributed by atoms with Crippen molar-refractivity contribution >= 4 is 52.4 Å². The second-order valence-corrected chi connectivity index (χ2v) is 13.4. The first-order valence-corrected chi connectivity index (χ1v) is 15.2. The smallest absolute Gasteiger partial charge is 0.280 e. The van der Waals surface area contributed by atoms with Crippen molar-refractivity contribution in [2.75, 3.05) is 24.7 Å². The summed E-state index contributed by atoms with van der Waals surface area (Å²) in [4.78, 5) is 46.0. The summed E-state index contributed by atoms with van der Waals surface area (Å²) in [6, 6.07) is 0. The van der Waals surface area contributed by atoms with Crippen molar-refractivity contribution < 1.29 is 38.6 Å². The van der Waals surface area contributed by atoms with Crippen molar-refractivity contribution in [3.05, 3.63) is 29.3 Å². The number of rotatable bonds is 7. The topological polar surface area (TPSA) is 268 Å². The van der Waals surface area contributed by atoms with E-state index in [4.69, 9.17) is 43.7 Å². The predicted octanol–water partition coefficient (Wildman–Crippen LogP) is -2.34. The molecular weight excluding hydrogens is 614 g/mol. The highest BCUT2D eigenvalue weighted by atomic mass is 32.5. The van der Waals surface area contributed by atoms with E-state index in [-0.39, 0.29) is 34.1 Å². The lowest BCUT2D eigenvalue weighted by molar-refractivity contribution is -0.0868. The van der Waals surface area contributed by atoms with Gasteiger partial charge in [-0.1, -0.05) is 5.92 Å². The van der Waals surface area contributed by atoms with Crippen LogP contribution in [-0.2, 0) is 25.8 Å². The Bertz CT molecular complexity index is 1860. The van der Waals surface area contributed by atoms with E-state index in [0.717, 1.165) is 10.9 Å². The van der Waals surface area contributed by atoms with E-state index in [2.05, 4.69) is 35.8 Å². The van der Waals surface area contributed by atoms with Crippen LogP contribution >= 0.6 is 6.49 Å². The van der Waals surface area contributed by atoms with E-state index < -0.39 is 73.5 Å². The lowest BCUT2D eigenvalue weighted by Crippen LogP contribution is -2.46. The average Bonchev–Trinajstić information content (AvgIpc) is 3.72. The minimum atomic E-state index is -4.32. The first-order chi connectivity index (χ1) is 20.4. The van der Waals surface area contributed by atoms with E-state index in [9.17, 15) is 25.0 Å². The summed E-state index contributed by atoms with van der Waals surface area (Å²) in [5, 5.41) is 31.6. The molecule has 2 fully saturated rings. The van der Waals surface area contributed by atoms with Crippen LogP contribution in [0.5, 0.6) is 0 Å². The molecule has 0 aromatic carbocycles. The average molecular weight is 639 g/mol. The van der Waals surface area contributed by atoms with Gasteiger partial charge in [0.05, 0.1) is 25.9 Å². The molecule has 2 aliphatic rings. The van der Waals surface area contributed by atoms with Crippen LogP contribution in [0.15, 0.2) is 23.8 Å². The number of halogens is 1. The number of hydrogen-bond donors (Lipinski definition) is 7. The van der Waals surface area contributed by atoms with Crippen LogP contribution in [0, 0.1) is 12.3 Å². The van der Waals surface area contributed by atoms with E-state index >= 15 is 4.39 Å². The standard InChI is InChI=1S/C22H24FN10O8PS/c1-2-22(14(36)12(35)19(41-22)32-6-28-10-15(24)26-5-27-16(10)32)4-39-42(38,43)13-9(23)8(3-34)40-20(13)33-7-29-11-17(33)30-21(25)31-18(11)37/h1,5-9,12-14,19-20,34-36H,3-4H2,(H,38,43)(H2,24,26,27)(H3,25,30,31,37)/t8-,9-,12-,13-,14+,19-,20?,22-,42?/m1/s1. The molecule has 4 aromatic rings. The number of nitrogens with one attached hydrogen (secondary N) is 1. The van der Waals surface area contributed by atoms with Crippen molar-refractivity contribution in [2.24, 2.45) is 0 Å². The summed E-state index contributed by atoms with van der Waals surface area (Å²) in [6.07, 6.45) is -0.483. The van der Waals surface area contributed by atoms with Gasteiger partial charge in [-0.05, 0) is 11.8 Å². The summed E-state index contributed by atoms with van der Waals surface area (Å²) in [5.41, 5.74) is 7.20. The molecule has 0 aliphatic carbocycles. The molecular formula is C22H24FN10O8PS. The van der Waals surface area contributed by atoms with Gasteiger partial charge in [-0.15, -0.1) is 6.42 Å². The number of nitrogen functional groups attached to an aromatic ring is 2. The van der Waals surface area contributed by atoms with Crippen molar-refractivity contribution in [3.8, 4) is 12.3 Å². The van der Waals surface area contributed by atoms with Gasteiger partial charge in [0.1, 0.15) is 42.0 Å². The molecule has 0 saturated carbocycles. The molecule has 4 aromatic heterocycles. The van der Waals surface area contributed by atoms with Gasteiger partial charge in [0.25, 0.3) is 5.56 Å². The zero-order chi connectivity index (χ0) is 30.8. The zero-order valence-electron chi connectivity index (χ0n) is 21.7. The van der Waals surface area contributed by atoms with E-state index in [0.29, 0.717) is 0 Å². The summed E-state index contributed by atoms with van der Waals surface area (Å²) >= 11 is 5.38. The number of aliphatic hydroxyl groups excluding tert-OH is 3. The van der Waals surface area contributed by atoms with Gasteiger partial charge in [-0.25, -0.2) is 24.3 Å². The molecule has 6 heterocycles. The molecule has 9 atom stereocenters. The summed E-state index contributed by atoms with van der Waals surface area (Å²) < 4.78 is 35.3. The summed E-state index contributed by atoms with van der Waals surface area (Å²) in [6.45, 7) is -5.91. The molecule has 43 heavy (non-hydrogen) atoms. The van der Waals surface area contributed by atoms with Gasteiger partial charge in [0.2, 0.25) is 5.95 Å². The Morgan fingerprint density at radius 3 is 2.58 bits per heavy atom. The predicted molar refractivity (Wildman–Crippen MR) is 148 cm³/mol. The maximum Gasteiger partial charge on any atom is 0.280 e. The van der Waals surface area contributed by atoms with Crippen LogP contribution < -0.4 is 17.0 Å². The van der Waals surface area contributed by atoms with E-state index in [1.165, 1.54) is 17.2 Å². The Balaban J connectivity index is 1.30. The second kappa shape index (κ2) is 10.5. The number of nitrogens with two attached hydrogens (primary N) is 2. The van der Waals surface area contributed by atoms with Crippen LogP contribution in [0.4, 0.5) is 16.2 Å². The van der Waals surface area contributed by atoms with Gasteiger partial charge in [0, 0.05) is 0 Å². The molecule has 6 rings (SSSR count). The van der Waals surface area contributed by atoms with Crippen LogP contribution in [0.2, 0.25) is 0 Å². The molecule has 21 heteroatoms. The summed E-state index contributed by atoms with van der Waals surface area (Å²) in [7, 11) is 0. The minimum absolute atomic E-state index is 0.0627. The van der Waals surface area contributed by atoms with Gasteiger partial charge in [-0.3, -0.25) is 18.9 Å². The third-order valence-corrected chi connectivity index (χ3v) is 10.2. The molecule has 0 amide bonds. The Kier molecular flexibility index (Phi) is 7.20. The Morgan fingerprint density at radius 2 is 1.88 bits per heavy atom. The molecule has 0 radical (unpaired) electrons. The number of ether oxygens (including phenoxy) is 2. The number of aromatic nitrogens is 8. The number of imidazole rings is 2. The van der Waals surface area contributed by atoms with Crippen molar-refractivity contribution in [1.29, 1.82) is 0 Å². The number of nitrogens with zero attached hydrogens (tertiary/aromatic N) is 7. The van der Waals surface area contributed by atoms with Gasteiger partial charge >= 0.3 is 0 Å². The number of terminal acetylenes is 1. The first-order valence-electron chi connectivity index (χ1n) is 12.5. The van der Waals surface area contributed by atoms with Crippen LogP contribution in [0.25, 0.3) is 22.3 Å². The number of alkyl halides is 1. The fraction of sp³-hybridized carbons (Fsp3) is 0.455. The Morgan fingerprint density at radius 1 is 1.19 bits per heavy atom. The molecule has 0 bridgehead atoms. The number of aliphatic hydroxyl groups is 3. The maximum atomic E-state index is 15.7. The maximum absolute atomic E-state index is 15.7. The highest BCUT2D eigenvalue weighted by Crippen LogP contribution is 2.59. The number of H-pyrrole nitrogens is 1. The highest BCUT2D eigenvalue weighted by Gasteiger charge is 2.58. The van der Waals surface area contributed by atoms with E-state index in [1.807, 2.05) is 0 Å². The SMILES string of the molecule is C#C[C@]1(COP(O)(=S)[C@H]2C(n3cnc4c(=O)[nH]c(N)nc43)O[C@H](CO)[C@H]2F)O[C@@H](n2cnc3c(N)ncnc32)[C@H](O)[C@@H]1O. The number of fused-ring (bicyclic) bond motifs is 2. The lowest BCUT2D eigenvalue weighted by atomic mass is 9.97. The molecule has 228 valence electrons. The largest absolute Gasteiger partial charge is 0.394 e. The molecule has 9 N–H and O–H groups in total. The number of aromatic amines is 1. The Hall–Kier alpha value is -3.64. The van der Waals surface area contributed by atoms with Gasteiger partial charge in [0.15, 0.2) is 47.2 Å². The second-order valence-electron chi connectivity index (χ2n) is 9.86. The third kappa shape index (κ3) is 4.57. The molecule has 2 saturated heterocycles. The molecule has 2 aliphatic heterocycles. The summed E-state index contributed by atoms with van der Waals surface area (Å²) in [5.74, 6) is 2.05. The van der Waals surface area contributed by atoms with Gasteiger partial charge in [-0.2, -0.15) is 4.98 Å². The van der Waals surface area contributed by atoms with Crippen LogP contribution in [0.3, 0.4) is 0 Å². The van der Waals surface area contributed by atoms with Crippen molar-refractivity contribution in [2.45, 2.75) is 48.2 Å². The van der Waals surface area contributed by atoms with E-state index in [1.54, 1.807) is 0 Å². The molecule has 18 nitrogen and oxygen atoms in total. The molecule has 0 spiro atoms.